The minimum Gasteiger partial charge on any atom is -0.392 e. The van der Waals surface area contributed by atoms with Crippen LogP contribution >= 0.6 is 0 Å². The Labute approximate surface area is 93.0 Å². The van der Waals surface area contributed by atoms with Crippen molar-refractivity contribution in [3.8, 4) is 0 Å². The maximum absolute atomic E-state index is 9.72. The number of aliphatic hydroxyl groups excluding tert-OH is 1. The van der Waals surface area contributed by atoms with Crippen LogP contribution in [0.5, 0.6) is 0 Å². The van der Waals surface area contributed by atoms with E-state index in [1.807, 2.05) is 0 Å². The predicted molar refractivity (Wildman–Crippen MR) is 62.8 cm³/mol. The minimum atomic E-state index is -0.171. The lowest BCUT2D eigenvalue weighted by Gasteiger charge is -2.32. The van der Waals surface area contributed by atoms with Crippen LogP contribution in [0, 0.1) is 0 Å². The van der Waals surface area contributed by atoms with Crippen LogP contribution in [0.25, 0.3) is 0 Å². The van der Waals surface area contributed by atoms with Gasteiger partial charge in [0.2, 0.25) is 0 Å². The Morgan fingerprint density at radius 2 is 2.20 bits per heavy atom. The highest BCUT2D eigenvalue weighted by Gasteiger charge is 2.34. The SMILES string of the molecule is CCC(CN)N1CC(O)CC1CN(C)C. The summed E-state index contributed by atoms with van der Waals surface area (Å²) in [6, 6.07) is 0.885. The van der Waals surface area contributed by atoms with Gasteiger partial charge in [-0.15, -0.1) is 0 Å². The predicted octanol–water partition coefficient (Wildman–Crippen LogP) is -0.279. The Morgan fingerprint density at radius 3 is 2.67 bits per heavy atom. The second kappa shape index (κ2) is 5.80. The second-order valence-electron chi connectivity index (χ2n) is 4.80. The number of rotatable bonds is 5. The zero-order chi connectivity index (χ0) is 11.4. The summed E-state index contributed by atoms with van der Waals surface area (Å²) in [5.41, 5.74) is 5.76. The first-order chi connectivity index (χ1) is 7.08. The van der Waals surface area contributed by atoms with Crippen LogP contribution < -0.4 is 5.73 Å². The molecule has 15 heavy (non-hydrogen) atoms. The average Bonchev–Trinajstić information content (AvgIpc) is 2.48. The molecule has 90 valence electrons. The monoisotopic (exact) mass is 215 g/mol. The van der Waals surface area contributed by atoms with Gasteiger partial charge in [0.1, 0.15) is 0 Å². The summed E-state index contributed by atoms with van der Waals surface area (Å²) in [5, 5.41) is 9.72. The van der Waals surface area contributed by atoms with Crippen molar-refractivity contribution >= 4 is 0 Å². The van der Waals surface area contributed by atoms with E-state index < -0.39 is 0 Å². The molecule has 0 radical (unpaired) electrons. The molecule has 0 aromatic heterocycles. The maximum Gasteiger partial charge on any atom is 0.0682 e. The second-order valence-corrected chi connectivity index (χ2v) is 4.80. The fourth-order valence-corrected chi connectivity index (χ4v) is 2.50. The summed E-state index contributed by atoms with van der Waals surface area (Å²) in [6.45, 7) is 4.64. The van der Waals surface area contributed by atoms with Crippen molar-refractivity contribution in [2.45, 2.75) is 38.0 Å². The standard InChI is InChI=1S/C11H25N3O/c1-4-9(6-12)14-8-11(15)5-10(14)7-13(2)3/h9-11,15H,4-8,12H2,1-3H3. The molecule has 4 nitrogen and oxygen atoms in total. The highest BCUT2D eigenvalue weighted by molar-refractivity contribution is 4.90. The highest BCUT2D eigenvalue weighted by Crippen LogP contribution is 2.22. The molecule has 1 saturated heterocycles. The third-order valence-electron chi connectivity index (χ3n) is 3.22. The first kappa shape index (κ1) is 12.9. The summed E-state index contributed by atoms with van der Waals surface area (Å²) >= 11 is 0. The van der Waals surface area contributed by atoms with Gasteiger partial charge in [0.05, 0.1) is 6.10 Å². The molecule has 0 bridgehead atoms. The lowest BCUT2D eigenvalue weighted by atomic mass is 10.1. The van der Waals surface area contributed by atoms with E-state index in [2.05, 4.69) is 30.8 Å². The molecule has 1 rings (SSSR count). The quantitative estimate of drug-likeness (QED) is 0.662. The zero-order valence-corrected chi connectivity index (χ0v) is 10.2. The van der Waals surface area contributed by atoms with Gasteiger partial charge in [-0.3, -0.25) is 4.90 Å². The molecular weight excluding hydrogens is 190 g/mol. The molecule has 0 saturated carbocycles. The van der Waals surface area contributed by atoms with Crippen LogP contribution in [-0.4, -0.2) is 66.8 Å². The van der Waals surface area contributed by atoms with Gasteiger partial charge in [0.25, 0.3) is 0 Å². The van der Waals surface area contributed by atoms with E-state index in [1.54, 1.807) is 0 Å². The maximum atomic E-state index is 9.72. The molecule has 3 N–H and O–H groups in total. The zero-order valence-electron chi connectivity index (χ0n) is 10.2. The number of nitrogens with zero attached hydrogens (tertiary/aromatic N) is 2. The number of hydrogen-bond donors (Lipinski definition) is 2. The van der Waals surface area contributed by atoms with Crippen LogP contribution in [-0.2, 0) is 0 Å². The van der Waals surface area contributed by atoms with E-state index in [4.69, 9.17) is 5.73 Å². The Bertz CT molecular complexity index is 183. The third-order valence-corrected chi connectivity index (χ3v) is 3.22. The fourth-order valence-electron chi connectivity index (χ4n) is 2.50. The summed E-state index contributed by atoms with van der Waals surface area (Å²) in [6.07, 6.45) is 1.78. The van der Waals surface area contributed by atoms with Gasteiger partial charge >= 0.3 is 0 Å². The Hall–Kier alpha value is -0.160. The van der Waals surface area contributed by atoms with Gasteiger partial charge in [-0.1, -0.05) is 6.92 Å². The Morgan fingerprint density at radius 1 is 1.53 bits per heavy atom. The summed E-state index contributed by atoms with van der Waals surface area (Å²) < 4.78 is 0. The van der Waals surface area contributed by atoms with Crippen LogP contribution in [0.1, 0.15) is 19.8 Å². The topological polar surface area (TPSA) is 52.7 Å². The van der Waals surface area contributed by atoms with Gasteiger partial charge in [-0.05, 0) is 26.9 Å². The van der Waals surface area contributed by atoms with E-state index in [9.17, 15) is 5.11 Å². The van der Waals surface area contributed by atoms with E-state index in [1.165, 1.54) is 0 Å². The van der Waals surface area contributed by atoms with Gasteiger partial charge in [-0.2, -0.15) is 0 Å². The van der Waals surface area contributed by atoms with Crippen LogP contribution in [0.3, 0.4) is 0 Å². The van der Waals surface area contributed by atoms with Gasteiger partial charge in [-0.25, -0.2) is 0 Å². The smallest absolute Gasteiger partial charge is 0.0682 e. The summed E-state index contributed by atoms with van der Waals surface area (Å²) in [5.74, 6) is 0. The molecule has 1 fully saturated rings. The molecule has 0 aromatic carbocycles. The lowest BCUT2D eigenvalue weighted by Crippen LogP contribution is -2.46. The summed E-state index contributed by atoms with van der Waals surface area (Å²) in [7, 11) is 4.15. The fraction of sp³-hybridized carbons (Fsp3) is 1.00. The number of likely N-dealkylation sites (tertiary alicyclic amines) is 1. The normalized spacial score (nSPS) is 30.0. The van der Waals surface area contributed by atoms with Crippen molar-refractivity contribution in [2.24, 2.45) is 5.73 Å². The van der Waals surface area contributed by atoms with Crippen LogP contribution in [0.4, 0.5) is 0 Å². The molecule has 0 aliphatic carbocycles. The van der Waals surface area contributed by atoms with Crippen LogP contribution in [0.2, 0.25) is 0 Å². The average molecular weight is 215 g/mol. The number of likely N-dealkylation sites (N-methyl/N-ethyl adjacent to an activating group) is 1. The van der Waals surface area contributed by atoms with Crippen molar-refractivity contribution in [1.29, 1.82) is 0 Å². The Balaban J connectivity index is 2.59. The van der Waals surface area contributed by atoms with Crippen molar-refractivity contribution in [1.82, 2.24) is 9.80 Å². The number of β-amino-alcohol motifs (C(OH)–C–C–N with tert-alkyl or cyclic N) is 1. The van der Waals surface area contributed by atoms with Crippen LogP contribution in [0.15, 0.2) is 0 Å². The van der Waals surface area contributed by atoms with E-state index in [-0.39, 0.29) is 6.10 Å². The molecular formula is C11H25N3O. The van der Waals surface area contributed by atoms with Crippen molar-refractivity contribution in [3.63, 3.8) is 0 Å². The van der Waals surface area contributed by atoms with Crippen molar-refractivity contribution in [3.05, 3.63) is 0 Å². The molecule has 0 aromatic rings. The van der Waals surface area contributed by atoms with Gasteiger partial charge in [0, 0.05) is 31.7 Å². The first-order valence-corrected chi connectivity index (χ1v) is 5.87. The van der Waals surface area contributed by atoms with E-state index >= 15 is 0 Å². The summed E-state index contributed by atoms with van der Waals surface area (Å²) in [4.78, 5) is 4.56. The van der Waals surface area contributed by atoms with Gasteiger partial charge in [0.15, 0.2) is 0 Å². The minimum absolute atomic E-state index is 0.171. The van der Waals surface area contributed by atoms with E-state index in [0.717, 1.165) is 25.9 Å². The molecule has 0 spiro atoms. The van der Waals surface area contributed by atoms with Crippen molar-refractivity contribution < 1.29 is 5.11 Å². The molecule has 3 atom stereocenters. The molecule has 1 heterocycles. The molecule has 1 aliphatic heterocycles. The molecule has 4 heteroatoms. The van der Waals surface area contributed by atoms with Gasteiger partial charge < -0.3 is 15.7 Å². The molecule has 1 aliphatic rings. The number of hydrogen-bond acceptors (Lipinski definition) is 4. The molecule has 0 amide bonds. The number of nitrogens with two attached hydrogens (primary N) is 1. The lowest BCUT2D eigenvalue weighted by molar-refractivity contribution is 0.136. The highest BCUT2D eigenvalue weighted by atomic mass is 16.3. The third kappa shape index (κ3) is 3.41. The van der Waals surface area contributed by atoms with E-state index in [0.29, 0.717) is 18.6 Å². The van der Waals surface area contributed by atoms with Crippen molar-refractivity contribution in [2.75, 3.05) is 33.7 Å². The first-order valence-electron chi connectivity index (χ1n) is 5.87. The largest absolute Gasteiger partial charge is 0.392 e. The Kier molecular flexibility index (Phi) is 4.99. The molecule has 3 unspecified atom stereocenters. The number of aliphatic hydroxyl groups is 1.